The van der Waals surface area contributed by atoms with Crippen molar-refractivity contribution in [3.05, 3.63) is 34.9 Å². The van der Waals surface area contributed by atoms with Gasteiger partial charge in [0.25, 0.3) is 0 Å². The summed E-state index contributed by atoms with van der Waals surface area (Å²) in [6.45, 7) is 5.13. The molecule has 2 unspecified atom stereocenters. The first-order valence-corrected chi connectivity index (χ1v) is 7.33. The minimum absolute atomic E-state index is 0.116. The number of aryl methyl sites for hydroxylation is 2. The van der Waals surface area contributed by atoms with Crippen molar-refractivity contribution < 1.29 is 4.74 Å². The first kappa shape index (κ1) is 12.9. The third-order valence-electron chi connectivity index (χ3n) is 3.36. The Bertz CT molecular complexity index is 374. The van der Waals surface area contributed by atoms with Crippen LogP contribution in [-0.2, 0) is 11.2 Å². The Morgan fingerprint density at radius 3 is 2.88 bits per heavy atom. The first-order valence-electron chi connectivity index (χ1n) is 6.18. The van der Waals surface area contributed by atoms with E-state index in [0.29, 0.717) is 0 Å². The molecule has 1 heterocycles. The van der Waals surface area contributed by atoms with E-state index in [2.05, 4.69) is 32.0 Å². The molecule has 17 heavy (non-hydrogen) atoms. The van der Waals surface area contributed by atoms with Gasteiger partial charge in [0, 0.05) is 17.5 Å². The zero-order valence-corrected chi connectivity index (χ0v) is 11.4. The van der Waals surface area contributed by atoms with Crippen molar-refractivity contribution in [2.24, 2.45) is 5.73 Å². The average molecular weight is 251 g/mol. The fourth-order valence-electron chi connectivity index (χ4n) is 2.09. The standard InChI is InChI=1S/C14H21NOS/c1-10-3-4-12(7-11(10)2)8-13(15)14-9-17-6-5-16-14/h3-4,7,13-14H,5-6,8-9,15H2,1-2H3. The molecular weight excluding hydrogens is 230 g/mol. The molecule has 3 heteroatoms. The first-order chi connectivity index (χ1) is 8.16. The smallest absolute Gasteiger partial charge is 0.0819 e. The summed E-state index contributed by atoms with van der Waals surface area (Å²) >= 11 is 1.94. The van der Waals surface area contributed by atoms with Gasteiger partial charge in [-0.1, -0.05) is 18.2 Å². The van der Waals surface area contributed by atoms with Crippen molar-refractivity contribution >= 4 is 11.8 Å². The van der Waals surface area contributed by atoms with Crippen molar-refractivity contribution in [2.75, 3.05) is 18.1 Å². The highest BCUT2D eigenvalue weighted by Gasteiger charge is 2.21. The lowest BCUT2D eigenvalue weighted by Gasteiger charge is -2.27. The van der Waals surface area contributed by atoms with Gasteiger partial charge >= 0.3 is 0 Å². The van der Waals surface area contributed by atoms with E-state index in [0.717, 1.165) is 24.5 Å². The molecule has 0 spiro atoms. The van der Waals surface area contributed by atoms with Gasteiger partial charge in [-0.2, -0.15) is 11.8 Å². The predicted molar refractivity (Wildman–Crippen MR) is 74.7 cm³/mol. The normalized spacial score (nSPS) is 22.4. The fourth-order valence-corrected chi connectivity index (χ4v) is 3.04. The zero-order valence-electron chi connectivity index (χ0n) is 10.6. The molecule has 0 aliphatic carbocycles. The molecule has 1 aliphatic rings. The van der Waals surface area contributed by atoms with Crippen LogP contribution >= 0.6 is 11.8 Å². The third-order valence-corrected chi connectivity index (χ3v) is 4.38. The molecule has 2 N–H and O–H groups in total. The largest absolute Gasteiger partial charge is 0.375 e. The molecule has 1 aromatic carbocycles. The Labute approximate surface area is 108 Å². The fraction of sp³-hybridized carbons (Fsp3) is 0.571. The van der Waals surface area contributed by atoms with E-state index in [-0.39, 0.29) is 12.1 Å². The van der Waals surface area contributed by atoms with E-state index in [4.69, 9.17) is 10.5 Å². The van der Waals surface area contributed by atoms with Gasteiger partial charge in [-0.05, 0) is 37.0 Å². The van der Waals surface area contributed by atoms with Gasteiger partial charge in [0.15, 0.2) is 0 Å². The van der Waals surface area contributed by atoms with Crippen LogP contribution in [0.25, 0.3) is 0 Å². The van der Waals surface area contributed by atoms with Crippen LogP contribution in [0.3, 0.4) is 0 Å². The van der Waals surface area contributed by atoms with Crippen LogP contribution in [-0.4, -0.2) is 30.3 Å². The lowest BCUT2D eigenvalue weighted by molar-refractivity contribution is 0.0572. The van der Waals surface area contributed by atoms with E-state index in [1.165, 1.54) is 16.7 Å². The maximum atomic E-state index is 6.23. The molecule has 0 aromatic heterocycles. The number of nitrogens with two attached hydrogens (primary N) is 1. The molecule has 1 saturated heterocycles. The Kier molecular flexibility index (Phi) is 4.48. The van der Waals surface area contributed by atoms with E-state index in [1.807, 2.05) is 11.8 Å². The minimum Gasteiger partial charge on any atom is -0.375 e. The van der Waals surface area contributed by atoms with E-state index in [1.54, 1.807) is 0 Å². The quantitative estimate of drug-likeness (QED) is 0.895. The molecule has 0 radical (unpaired) electrons. The van der Waals surface area contributed by atoms with Crippen LogP contribution in [0.15, 0.2) is 18.2 Å². The maximum absolute atomic E-state index is 6.23. The molecular formula is C14H21NOS. The molecule has 0 saturated carbocycles. The molecule has 2 atom stereocenters. The van der Waals surface area contributed by atoms with Crippen LogP contribution in [0.2, 0.25) is 0 Å². The second-order valence-electron chi connectivity index (χ2n) is 4.77. The lowest BCUT2D eigenvalue weighted by Crippen LogP contribution is -2.42. The molecule has 94 valence electrons. The van der Waals surface area contributed by atoms with Gasteiger partial charge in [-0.25, -0.2) is 0 Å². The molecule has 0 amide bonds. The third kappa shape index (κ3) is 3.47. The van der Waals surface area contributed by atoms with Gasteiger partial charge in [0.1, 0.15) is 0 Å². The van der Waals surface area contributed by atoms with Crippen molar-refractivity contribution in [2.45, 2.75) is 32.4 Å². The van der Waals surface area contributed by atoms with E-state index < -0.39 is 0 Å². The number of ether oxygens (including phenoxy) is 1. The van der Waals surface area contributed by atoms with Crippen LogP contribution in [0.4, 0.5) is 0 Å². The molecule has 2 nitrogen and oxygen atoms in total. The summed E-state index contributed by atoms with van der Waals surface area (Å²) in [5.74, 6) is 2.14. The number of hydrogen-bond donors (Lipinski definition) is 1. The Morgan fingerprint density at radius 1 is 1.41 bits per heavy atom. The lowest BCUT2D eigenvalue weighted by atomic mass is 9.99. The van der Waals surface area contributed by atoms with Gasteiger partial charge in [0.2, 0.25) is 0 Å². The number of benzene rings is 1. The van der Waals surface area contributed by atoms with Crippen molar-refractivity contribution in [1.82, 2.24) is 0 Å². The summed E-state index contributed by atoms with van der Waals surface area (Å²) in [4.78, 5) is 0. The number of rotatable bonds is 3. The minimum atomic E-state index is 0.116. The summed E-state index contributed by atoms with van der Waals surface area (Å²) in [5.41, 5.74) is 10.2. The average Bonchev–Trinajstić information content (AvgIpc) is 2.35. The predicted octanol–water partition coefficient (Wildman–Crippen LogP) is 2.31. The Hall–Kier alpha value is -0.510. The van der Waals surface area contributed by atoms with Gasteiger partial charge in [-0.3, -0.25) is 0 Å². The number of hydrogen-bond acceptors (Lipinski definition) is 3. The highest BCUT2D eigenvalue weighted by Crippen LogP contribution is 2.18. The van der Waals surface area contributed by atoms with Crippen molar-refractivity contribution in [3.8, 4) is 0 Å². The van der Waals surface area contributed by atoms with Crippen LogP contribution in [0.5, 0.6) is 0 Å². The summed E-state index contributed by atoms with van der Waals surface area (Å²) in [6.07, 6.45) is 1.13. The van der Waals surface area contributed by atoms with E-state index in [9.17, 15) is 0 Å². The second kappa shape index (κ2) is 5.89. The Morgan fingerprint density at radius 2 is 2.24 bits per heavy atom. The summed E-state index contributed by atoms with van der Waals surface area (Å²) in [7, 11) is 0. The SMILES string of the molecule is Cc1ccc(CC(N)C2CSCCO2)cc1C. The monoisotopic (exact) mass is 251 g/mol. The van der Waals surface area contributed by atoms with Gasteiger partial charge < -0.3 is 10.5 Å². The van der Waals surface area contributed by atoms with Gasteiger partial charge in [-0.15, -0.1) is 0 Å². The molecule has 2 rings (SSSR count). The topological polar surface area (TPSA) is 35.2 Å². The molecule has 1 fully saturated rings. The van der Waals surface area contributed by atoms with Gasteiger partial charge in [0.05, 0.1) is 12.7 Å². The molecule has 1 aromatic rings. The van der Waals surface area contributed by atoms with Crippen LogP contribution < -0.4 is 5.73 Å². The number of thioether (sulfide) groups is 1. The molecule has 0 bridgehead atoms. The Balaban J connectivity index is 1.96. The summed E-state index contributed by atoms with van der Waals surface area (Å²) < 4.78 is 5.72. The highest BCUT2D eigenvalue weighted by atomic mass is 32.2. The maximum Gasteiger partial charge on any atom is 0.0819 e. The highest BCUT2D eigenvalue weighted by molar-refractivity contribution is 7.99. The zero-order chi connectivity index (χ0) is 12.3. The van der Waals surface area contributed by atoms with Crippen LogP contribution in [0.1, 0.15) is 16.7 Å². The summed E-state index contributed by atoms with van der Waals surface area (Å²) in [5, 5.41) is 0. The van der Waals surface area contributed by atoms with Crippen molar-refractivity contribution in [1.29, 1.82) is 0 Å². The summed E-state index contributed by atoms with van der Waals surface area (Å²) in [6, 6.07) is 6.71. The second-order valence-corrected chi connectivity index (χ2v) is 5.92. The van der Waals surface area contributed by atoms with E-state index >= 15 is 0 Å². The van der Waals surface area contributed by atoms with Crippen molar-refractivity contribution in [3.63, 3.8) is 0 Å². The van der Waals surface area contributed by atoms with Crippen LogP contribution in [0, 0.1) is 13.8 Å². The molecule has 1 aliphatic heterocycles.